The number of carbonyl (C=O) groups is 1. The molecule has 4 heterocycles. The van der Waals surface area contributed by atoms with Gasteiger partial charge in [0.15, 0.2) is 11.6 Å². The van der Waals surface area contributed by atoms with E-state index in [-0.39, 0.29) is 12.1 Å². The van der Waals surface area contributed by atoms with E-state index in [1.165, 1.54) is 11.8 Å². The van der Waals surface area contributed by atoms with Gasteiger partial charge in [0.25, 0.3) is 0 Å². The molecular weight excluding hydrogens is 466 g/mol. The fraction of sp³-hybridized carbons (Fsp3) is 0.304. The van der Waals surface area contributed by atoms with Crippen LogP contribution < -0.4 is 16.1 Å². The number of hydrogen-bond donors (Lipinski definition) is 4. The van der Waals surface area contributed by atoms with Crippen LogP contribution >= 0.6 is 11.8 Å². The summed E-state index contributed by atoms with van der Waals surface area (Å²) in [4.78, 5) is 18.1. The van der Waals surface area contributed by atoms with Crippen LogP contribution in [0, 0.1) is 6.92 Å². The number of methoxy groups -OCH3 is 1. The van der Waals surface area contributed by atoms with Crippen molar-refractivity contribution in [3.8, 4) is 0 Å². The van der Waals surface area contributed by atoms with Crippen molar-refractivity contribution in [3.63, 3.8) is 0 Å². The number of H-pyrrole nitrogens is 1. The molecule has 4 aromatic rings. The molecule has 12 heteroatoms. The highest BCUT2D eigenvalue weighted by Gasteiger charge is 2.25. The highest BCUT2D eigenvalue weighted by molar-refractivity contribution is 7.99. The molecule has 1 aromatic carbocycles. The molecule has 2 amide bonds. The first-order chi connectivity index (χ1) is 17.1. The van der Waals surface area contributed by atoms with Crippen molar-refractivity contribution >= 4 is 40.6 Å². The van der Waals surface area contributed by atoms with Crippen LogP contribution in [-0.4, -0.2) is 62.1 Å². The van der Waals surface area contributed by atoms with E-state index in [4.69, 9.17) is 9.72 Å². The van der Waals surface area contributed by atoms with Crippen LogP contribution in [0.3, 0.4) is 0 Å². The summed E-state index contributed by atoms with van der Waals surface area (Å²) in [6.45, 7) is 3.36. The predicted octanol–water partition coefficient (Wildman–Crippen LogP) is 3.80. The normalized spacial score (nSPS) is 16.0. The van der Waals surface area contributed by atoms with Crippen molar-refractivity contribution in [1.29, 1.82) is 0 Å². The quantitative estimate of drug-likeness (QED) is 0.292. The highest BCUT2D eigenvalue weighted by atomic mass is 32.2. The van der Waals surface area contributed by atoms with E-state index in [9.17, 15) is 4.79 Å². The summed E-state index contributed by atoms with van der Waals surface area (Å²) in [5.41, 5.74) is 5.43. The van der Waals surface area contributed by atoms with Gasteiger partial charge in [-0.15, -0.1) is 5.10 Å². The van der Waals surface area contributed by atoms with Crippen molar-refractivity contribution in [2.75, 3.05) is 30.9 Å². The Kier molecular flexibility index (Phi) is 6.84. The topological polar surface area (TPSA) is 124 Å². The van der Waals surface area contributed by atoms with E-state index in [2.05, 4.69) is 31.4 Å². The molecular formula is C23H27N9O2S. The molecule has 0 radical (unpaired) electrons. The van der Waals surface area contributed by atoms with Crippen molar-refractivity contribution in [1.82, 2.24) is 35.2 Å². The Bertz CT molecular complexity index is 1300. The average molecular weight is 494 g/mol. The number of aryl methyl sites for hydroxylation is 1. The number of nitrogens with one attached hydrogen (secondary N) is 4. The molecule has 1 fully saturated rings. The lowest BCUT2D eigenvalue weighted by Gasteiger charge is -2.24. The number of hydrazine groups is 1. The number of aromatic nitrogens is 5. The lowest BCUT2D eigenvalue weighted by atomic mass is 10.2. The van der Waals surface area contributed by atoms with Crippen molar-refractivity contribution in [2.45, 2.75) is 35.9 Å². The number of carbonyl (C=O) groups excluding carboxylic acids is 1. The number of fused-ring (bicyclic) bond motifs is 1. The summed E-state index contributed by atoms with van der Waals surface area (Å²) in [5.74, 6) is 1.36. The van der Waals surface area contributed by atoms with Crippen LogP contribution in [0.4, 0.5) is 22.1 Å². The van der Waals surface area contributed by atoms with E-state index < -0.39 is 0 Å². The van der Waals surface area contributed by atoms with Gasteiger partial charge in [-0.25, -0.2) is 19.3 Å². The van der Waals surface area contributed by atoms with E-state index >= 15 is 0 Å². The van der Waals surface area contributed by atoms with Crippen LogP contribution in [0.5, 0.6) is 0 Å². The summed E-state index contributed by atoms with van der Waals surface area (Å²) in [5, 5.41) is 20.4. The van der Waals surface area contributed by atoms with Gasteiger partial charge in [0.1, 0.15) is 5.52 Å². The average Bonchev–Trinajstić information content (AvgIpc) is 3.58. The van der Waals surface area contributed by atoms with E-state index in [0.717, 1.165) is 35.5 Å². The molecule has 0 saturated carbocycles. The Hall–Kier alpha value is -3.61. The molecule has 0 unspecified atom stereocenters. The minimum Gasteiger partial charge on any atom is -0.383 e. The second kappa shape index (κ2) is 10.3. The van der Waals surface area contributed by atoms with Gasteiger partial charge in [-0.05, 0) is 67.9 Å². The minimum absolute atomic E-state index is 0.207. The summed E-state index contributed by atoms with van der Waals surface area (Å²) in [6, 6.07) is 13.3. The van der Waals surface area contributed by atoms with Crippen LogP contribution in [0.25, 0.3) is 5.52 Å². The number of rotatable bonds is 8. The van der Waals surface area contributed by atoms with Crippen molar-refractivity contribution in [2.24, 2.45) is 0 Å². The number of aromatic amines is 1. The van der Waals surface area contributed by atoms with Crippen LogP contribution in [0.15, 0.2) is 58.7 Å². The molecule has 3 aromatic heterocycles. The largest absolute Gasteiger partial charge is 0.383 e. The molecule has 11 nitrogen and oxygen atoms in total. The number of anilines is 3. The third-order valence-electron chi connectivity index (χ3n) is 5.63. The summed E-state index contributed by atoms with van der Waals surface area (Å²) < 4.78 is 7.02. The first-order valence-electron chi connectivity index (χ1n) is 11.3. The lowest BCUT2D eigenvalue weighted by Crippen LogP contribution is -2.48. The third-order valence-corrected chi connectivity index (χ3v) is 6.49. The lowest BCUT2D eigenvalue weighted by molar-refractivity contribution is 0.0930. The van der Waals surface area contributed by atoms with E-state index in [0.29, 0.717) is 29.1 Å². The number of urea groups is 1. The number of ether oxygens (including phenoxy) is 1. The Morgan fingerprint density at radius 2 is 2.14 bits per heavy atom. The molecule has 1 atom stereocenters. The molecule has 1 saturated heterocycles. The maximum atomic E-state index is 12.4. The van der Waals surface area contributed by atoms with Crippen molar-refractivity contribution < 1.29 is 9.53 Å². The molecule has 0 bridgehead atoms. The second-order valence-electron chi connectivity index (χ2n) is 8.28. The van der Waals surface area contributed by atoms with Crippen LogP contribution in [0.2, 0.25) is 0 Å². The van der Waals surface area contributed by atoms with Gasteiger partial charge in [-0.2, -0.15) is 5.10 Å². The monoisotopic (exact) mass is 493 g/mol. The van der Waals surface area contributed by atoms with Gasteiger partial charge in [0.2, 0.25) is 5.16 Å². The molecule has 0 spiro atoms. The Balaban J connectivity index is 1.24. The predicted molar refractivity (Wildman–Crippen MR) is 134 cm³/mol. The fourth-order valence-corrected chi connectivity index (χ4v) is 4.75. The minimum atomic E-state index is -0.265. The second-order valence-corrected chi connectivity index (χ2v) is 9.32. The van der Waals surface area contributed by atoms with Crippen LogP contribution in [-0.2, 0) is 4.74 Å². The Morgan fingerprint density at radius 3 is 2.91 bits per heavy atom. The zero-order valence-corrected chi connectivity index (χ0v) is 20.3. The Morgan fingerprint density at radius 1 is 1.29 bits per heavy atom. The van der Waals surface area contributed by atoms with Gasteiger partial charge in [0.05, 0.1) is 12.6 Å². The number of benzene rings is 1. The van der Waals surface area contributed by atoms with Gasteiger partial charge >= 0.3 is 6.03 Å². The van der Waals surface area contributed by atoms with Gasteiger partial charge < -0.3 is 15.4 Å². The number of nitrogens with zero attached hydrogens (tertiary/aromatic N) is 5. The molecule has 182 valence electrons. The molecule has 1 aliphatic heterocycles. The molecule has 35 heavy (non-hydrogen) atoms. The maximum absolute atomic E-state index is 12.4. The highest BCUT2D eigenvalue weighted by Crippen LogP contribution is 2.29. The van der Waals surface area contributed by atoms with E-state index in [1.54, 1.807) is 11.6 Å². The van der Waals surface area contributed by atoms with Crippen LogP contribution in [0.1, 0.15) is 18.5 Å². The first kappa shape index (κ1) is 23.1. The summed E-state index contributed by atoms with van der Waals surface area (Å²) in [7, 11) is 1.68. The number of hydrogen-bond acceptors (Lipinski definition) is 8. The Labute approximate surface area is 206 Å². The third kappa shape index (κ3) is 5.56. The van der Waals surface area contributed by atoms with Gasteiger partial charge in [-0.1, -0.05) is 0 Å². The molecule has 1 aliphatic rings. The summed E-state index contributed by atoms with van der Waals surface area (Å²) >= 11 is 1.43. The van der Waals surface area contributed by atoms with Gasteiger partial charge in [-0.3, -0.25) is 10.5 Å². The molecule has 5 rings (SSSR count). The smallest absolute Gasteiger partial charge is 0.333 e. The van der Waals surface area contributed by atoms with Gasteiger partial charge in [0, 0.05) is 42.2 Å². The molecule has 4 N–H and O–H groups in total. The zero-order valence-electron chi connectivity index (χ0n) is 19.5. The SMILES string of the molecule is COC[C@@H]1CCCN1NC(=O)Nc1ccc(Sc2nc(Nc3cc(C)[nH]n3)c3cccn3n2)cc1. The first-order valence-corrected chi connectivity index (χ1v) is 12.1. The maximum Gasteiger partial charge on any atom is 0.333 e. The van der Waals surface area contributed by atoms with E-state index in [1.807, 2.05) is 60.6 Å². The van der Waals surface area contributed by atoms with Crippen molar-refractivity contribution in [3.05, 3.63) is 54.4 Å². The summed E-state index contributed by atoms with van der Waals surface area (Å²) in [6.07, 6.45) is 3.93. The number of amides is 2. The fourth-order valence-electron chi connectivity index (χ4n) is 4.00. The standard InChI is InChI=1S/C23H27N9O2S/c1-15-13-20(28-27-15)25-21-19-6-4-12-32(19)30-23(26-21)35-18-9-7-16(8-10-18)24-22(33)29-31-11-3-5-17(31)14-34-2/h4,6-10,12-13,17H,3,5,11,14H2,1-2H3,(H2,24,29,33)(H2,25,26,27,28,30)/t17-/m0/s1. The zero-order chi connectivity index (χ0) is 24.2. The molecule has 0 aliphatic carbocycles.